The van der Waals surface area contributed by atoms with E-state index in [0.717, 1.165) is 31.2 Å². The fourth-order valence-electron chi connectivity index (χ4n) is 3.30. The third-order valence-corrected chi connectivity index (χ3v) is 4.17. The standard InChI is InChI=1S/C13H23NO2/c15-13(16)7-3-4-8-14-9-11-5-1-2-6-12(11)10-14/h11-12H,1-10H2,(H,15,16). The molecule has 1 aliphatic carbocycles. The fourth-order valence-corrected chi connectivity index (χ4v) is 3.30. The van der Waals surface area contributed by atoms with Gasteiger partial charge in [-0.25, -0.2) is 0 Å². The molecule has 0 aromatic carbocycles. The molecule has 1 aliphatic heterocycles. The Morgan fingerprint density at radius 1 is 1.12 bits per heavy atom. The first-order valence-electron chi connectivity index (χ1n) is 6.70. The van der Waals surface area contributed by atoms with Gasteiger partial charge in [0.2, 0.25) is 0 Å². The van der Waals surface area contributed by atoms with Crippen LogP contribution in [0, 0.1) is 11.8 Å². The molecule has 1 heterocycles. The maximum atomic E-state index is 10.4. The molecule has 1 N–H and O–H groups in total. The van der Waals surface area contributed by atoms with Crippen LogP contribution in [-0.2, 0) is 4.79 Å². The Morgan fingerprint density at radius 3 is 2.31 bits per heavy atom. The minimum Gasteiger partial charge on any atom is -0.481 e. The average Bonchev–Trinajstić information content (AvgIpc) is 2.66. The van der Waals surface area contributed by atoms with Crippen molar-refractivity contribution < 1.29 is 9.90 Å². The average molecular weight is 225 g/mol. The Kier molecular flexibility index (Phi) is 4.22. The van der Waals surface area contributed by atoms with Crippen LogP contribution in [0.5, 0.6) is 0 Å². The summed E-state index contributed by atoms with van der Waals surface area (Å²) in [6.07, 6.45) is 7.92. The molecule has 0 radical (unpaired) electrons. The van der Waals surface area contributed by atoms with Crippen molar-refractivity contribution in [2.75, 3.05) is 19.6 Å². The van der Waals surface area contributed by atoms with Gasteiger partial charge in [0.15, 0.2) is 0 Å². The lowest BCUT2D eigenvalue weighted by Gasteiger charge is -2.23. The second kappa shape index (κ2) is 5.67. The van der Waals surface area contributed by atoms with Crippen molar-refractivity contribution in [2.24, 2.45) is 11.8 Å². The number of carbonyl (C=O) groups is 1. The number of carboxylic acid groups (broad SMARTS) is 1. The zero-order chi connectivity index (χ0) is 11.4. The normalized spacial score (nSPS) is 30.2. The number of carboxylic acids is 1. The minimum absolute atomic E-state index is 0.334. The molecular formula is C13H23NO2. The van der Waals surface area contributed by atoms with Gasteiger partial charge in [-0.1, -0.05) is 12.8 Å². The van der Waals surface area contributed by atoms with E-state index in [2.05, 4.69) is 4.90 Å². The molecule has 2 fully saturated rings. The topological polar surface area (TPSA) is 40.5 Å². The van der Waals surface area contributed by atoms with E-state index in [9.17, 15) is 4.79 Å². The molecule has 2 rings (SSSR count). The largest absolute Gasteiger partial charge is 0.481 e. The number of rotatable bonds is 5. The van der Waals surface area contributed by atoms with Gasteiger partial charge in [0.1, 0.15) is 0 Å². The Labute approximate surface area is 97.8 Å². The minimum atomic E-state index is -0.657. The molecule has 3 heteroatoms. The number of nitrogens with zero attached hydrogens (tertiary/aromatic N) is 1. The van der Waals surface area contributed by atoms with E-state index >= 15 is 0 Å². The van der Waals surface area contributed by atoms with Crippen LogP contribution < -0.4 is 0 Å². The Balaban J connectivity index is 1.62. The molecule has 92 valence electrons. The van der Waals surface area contributed by atoms with Crippen LogP contribution in [0.15, 0.2) is 0 Å². The van der Waals surface area contributed by atoms with Gasteiger partial charge >= 0.3 is 5.97 Å². The summed E-state index contributed by atoms with van der Waals surface area (Å²) in [6, 6.07) is 0. The SMILES string of the molecule is O=C(O)CCCCN1CC2CCCCC2C1. The van der Waals surface area contributed by atoms with Crippen molar-refractivity contribution in [3.8, 4) is 0 Å². The third kappa shape index (κ3) is 3.21. The molecule has 2 atom stereocenters. The number of likely N-dealkylation sites (tertiary alicyclic amines) is 1. The van der Waals surface area contributed by atoms with Crippen LogP contribution in [0.2, 0.25) is 0 Å². The monoisotopic (exact) mass is 225 g/mol. The van der Waals surface area contributed by atoms with Crippen molar-refractivity contribution in [3.05, 3.63) is 0 Å². The van der Waals surface area contributed by atoms with E-state index < -0.39 is 5.97 Å². The fraction of sp³-hybridized carbons (Fsp3) is 0.923. The van der Waals surface area contributed by atoms with Crippen molar-refractivity contribution in [1.82, 2.24) is 4.90 Å². The van der Waals surface area contributed by atoms with Crippen LogP contribution >= 0.6 is 0 Å². The molecule has 0 amide bonds. The smallest absolute Gasteiger partial charge is 0.303 e. The van der Waals surface area contributed by atoms with Gasteiger partial charge in [-0.05, 0) is 44.1 Å². The highest BCUT2D eigenvalue weighted by Crippen LogP contribution is 2.35. The molecule has 0 aromatic rings. The Bertz CT molecular complexity index is 228. The Morgan fingerprint density at radius 2 is 1.75 bits per heavy atom. The molecule has 1 saturated carbocycles. The highest BCUT2D eigenvalue weighted by molar-refractivity contribution is 5.66. The maximum Gasteiger partial charge on any atom is 0.303 e. The van der Waals surface area contributed by atoms with Crippen molar-refractivity contribution >= 4 is 5.97 Å². The van der Waals surface area contributed by atoms with Gasteiger partial charge in [0, 0.05) is 19.5 Å². The van der Waals surface area contributed by atoms with Crippen molar-refractivity contribution in [1.29, 1.82) is 0 Å². The lowest BCUT2D eigenvalue weighted by Crippen LogP contribution is -2.22. The van der Waals surface area contributed by atoms with Crippen LogP contribution in [-0.4, -0.2) is 35.6 Å². The van der Waals surface area contributed by atoms with Crippen LogP contribution in [0.1, 0.15) is 44.9 Å². The first kappa shape index (κ1) is 11.9. The molecule has 3 nitrogen and oxygen atoms in total. The first-order chi connectivity index (χ1) is 7.75. The third-order valence-electron chi connectivity index (χ3n) is 4.17. The highest BCUT2D eigenvalue weighted by Gasteiger charge is 2.33. The number of hydrogen-bond acceptors (Lipinski definition) is 2. The summed E-state index contributed by atoms with van der Waals surface area (Å²) in [7, 11) is 0. The molecule has 1 saturated heterocycles. The van der Waals surface area contributed by atoms with Crippen molar-refractivity contribution in [2.45, 2.75) is 44.9 Å². The maximum absolute atomic E-state index is 10.4. The van der Waals surface area contributed by atoms with E-state index in [1.54, 1.807) is 0 Å². The zero-order valence-corrected chi connectivity index (χ0v) is 10.0. The predicted molar refractivity (Wildman–Crippen MR) is 63.4 cm³/mol. The summed E-state index contributed by atoms with van der Waals surface area (Å²) < 4.78 is 0. The quantitative estimate of drug-likeness (QED) is 0.730. The van der Waals surface area contributed by atoms with E-state index in [4.69, 9.17) is 5.11 Å². The van der Waals surface area contributed by atoms with Crippen molar-refractivity contribution in [3.63, 3.8) is 0 Å². The number of hydrogen-bond donors (Lipinski definition) is 1. The molecule has 2 aliphatic rings. The number of aliphatic carboxylic acids is 1. The molecule has 16 heavy (non-hydrogen) atoms. The molecule has 0 spiro atoms. The number of fused-ring (bicyclic) bond motifs is 1. The summed E-state index contributed by atoms with van der Waals surface area (Å²) in [4.78, 5) is 12.9. The summed E-state index contributed by atoms with van der Waals surface area (Å²) in [5.74, 6) is 1.25. The molecule has 0 bridgehead atoms. The van der Waals surface area contributed by atoms with E-state index in [0.29, 0.717) is 6.42 Å². The van der Waals surface area contributed by atoms with Gasteiger partial charge in [-0.3, -0.25) is 4.79 Å². The van der Waals surface area contributed by atoms with Gasteiger partial charge in [-0.2, -0.15) is 0 Å². The Hall–Kier alpha value is -0.570. The summed E-state index contributed by atoms with van der Waals surface area (Å²) in [5, 5.41) is 8.56. The van der Waals surface area contributed by atoms with Crippen LogP contribution in [0.25, 0.3) is 0 Å². The highest BCUT2D eigenvalue weighted by atomic mass is 16.4. The van der Waals surface area contributed by atoms with E-state index in [1.165, 1.54) is 38.8 Å². The van der Waals surface area contributed by atoms with Gasteiger partial charge in [-0.15, -0.1) is 0 Å². The predicted octanol–water partition coefficient (Wildman–Crippen LogP) is 2.36. The van der Waals surface area contributed by atoms with Gasteiger partial charge in [0.05, 0.1) is 0 Å². The zero-order valence-electron chi connectivity index (χ0n) is 10.0. The lowest BCUT2D eigenvalue weighted by atomic mass is 9.82. The van der Waals surface area contributed by atoms with Crippen LogP contribution in [0.3, 0.4) is 0 Å². The first-order valence-corrected chi connectivity index (χ1v) is 6.70. The summed E-state index contributed by atoms with van der Waals surface area (Å²) in [5.41, 5.74) is 0. The van der Waals surface area contributed by atoms with Crippen LogP contribution in [0.4, 0.5) is 0 Å². The summed E-state index contributed by atoms with van der Waals surface area (Å²) >= 11 is 0. The molecular weight excluding hydrogens is 202 g/mol. The second-order valence-corrected chi connectivity index (χ2v) is 5.42. The van der Waals surface area contributed by atoms with Gasteiger partial charge in [0.25, 0.3) is 0 Å². The van der Waals surface area contributed by atoms with E-state index in [-0.39, 0.29) is 0 Å². The summed E-state index contributed by atoms with van der Waals surface area (Å²) in [6.45, 7) is 3.66. The van der Waals surface area contributed by atoms with E-state index in [1.807, 2.05) is 0 Å². The molecule has 0 aromatic heterocycles. The van der Waals surface area contributed by atoms with Gasteiger partial charge < -0.3 is 10.0 Å². The second-order valence-electron chi connectivity index (χ2n) is 5.42. The number of unbranched alkanes of at least 4 members (excludes halogenated alkanes) is 1. The molecule has 2 unspecified atom stereocenters. The lowest BCUT2D eigenvalue weighted by molar-refractivity contribution is -0.137.